The van der Waals surface area contributed by atoms with E-state index in [9.17, 15) is 0 Å². The Morgan fingerprint density at radius 2 is 0.800 bits per heavy atom. The Morgan fingerprint density at radius 3 is 1.48 bits per heavy atom. The van der Waals surface area contributed by atoms with Crippen LogP contribution in [0, 0.1) is 0 Å². The van der Waals surface area contributed by atoms with E-state index < -0.39 is 5.41 Å². The Hall–Kier alpha value is -6.65. The van der Waals surface area contributed by atoms with Crippen molar-refractivity contribution in [1.29, 1.82) is 0 Å². The predicted molar refractivity (Wildman–Crippen MR) is 199 cm³/mol. The quantitative estimate of drug-likeness (QED) is 0.192. The lowest BCUT2D eigenvalue weighted by molar-refractivity contribution is 0.436. The molecule has 0 bridgehead atoms. The van der Waals surface area contributed by atoms with E-state index in [0.717, 1.165) is 50.4 Å². The number of hydrogen-bond donors (Lipinski definition) is 0. The molecule has 1 aromatic heterocycles. The third-order valence-corrected chi connectivity index (χ3v) is 10.0. The number of ether oxygens (including phenoxy) is 1. The molecule has 50 heavy (non-hydrogen) atoms. The smallest absolute Gasteiger partial charge is 0.164 e. The Bertz CT molecular complexity index is 2530. The van der Waals surface area contributed by atoms with E-state index in [0.29, 0.717) is 17.5 Å². The molecule has 1 aliphatic carbocycles. The van der Waals surface area contributed by atoms with Crippen molar-refractivity contribution in [3.63, 3.8) is 0 Å². The van der Waals surface area contributed by atoms with Crippen LogP contribution in [0.25, 0.3) is 56.4 Å². The molecule has 234 valence electrons. The number of fused-ring (bicyclic) bond motifs is 9. The van der Waals surface area contributed by atoms with E-state index >= 15 is 0 Å². The van der Waals surface area contributed by atoms with Crippen molar-refractivity contribution in [2.75, 3.05) is 0 Å². The Labute approximate surface area is 290 Å². The molecule has 4 heteroatoms. The molecular formula is C46H29N3O. The van der Waals surface area contributed by atoms with Crippen molar-refractivity contribution in [1.82, 2.24) is 15.0 Å². The number of benzene rings is 7. The minimum Gasteiger partial charge on any atom is -0.457 e. The van der Waals surface area contributed by atoms with Gasteiger partial charge in [-0.15, -0.1) is 0 Å². The van der Waals surface area contributed by atoms with Gasteiger partial charge in [-0.25, -0.2) is 15.0 Å². The van der Waals surface area contributed by atoms with Crippen LogP contribution in [-0.4, -0.2) is 15.0 Å². The van der Waals surface area contributed by atoms with Gasteiger partial charge in [-0.1, -0.05) is 158 Å². The van der Waals surface area contributed by atoms with Gasteiger partial charge in [-0.05, 0) is 51.6 Å². The van der Waals surface area contributed by atoms with Crippen LogP contribution in [0.5, 0.6) is 11.5 Å². The summed E-state index contributed by atoms with van der Waals surface area (Å²) in [6.07, 6.45) is 0. The molecule has 10 rings (SSSR count). The molecule has 1 aliphatic heterocycles. The fourth-order valence-corrected chi connectivity index (χ4v) is 7.82. The van der Waals surface area contributed by atoms with E-state index in [4.69, 9.17) is 19.7 Å². The summed E-state index contributed by atoms with van der Waals surface area (Å²) in [5.41, 5.74) is 11.7. The zero-order valence-electron chi connectivity index (χ0n) is 27.0. The van der Waals surface area contributed by atoms with Crippen molar-refractivity contribution >= 4 is 0 Å². The second-order valence-electron chi connectivity index (χ2n) is 12.8. The van der Waals surface area contributed by atoms with Gasteiger partial charge in [0.15, 0.2) is 17.5 Å². The van der Waals surface area contributed by atoms with Crippen molar-refractivity contribution in [3.8, 4) is 67.9 Å². The van der Waals surface area contributed by atoms with Gasteiger partial charge in [0.25, 0.3) is 0 Å². The Balaban J connectivity index is 1.17. The van der Waals surface area contributed by atoms with Crippen molar-refractivity contribution in [2.24, 2.45) is 0 Å². The lowest BCUT2D eigenvalue weighted by Gasteiger charge is -2.39. The monoisotopic (exact) mass is 639 g/mol. The summed E-state index contributed by atoms with van der Waals surface area (Å²) in [6, 6.07) is 61.3. The van der Waals surface area contributed by atoms with Gasteiger partial charge in [0.2, 0.25) is 0 Å². The van der Waals surface area contributed by atoms with Crippen LogP contribution >= 0.6 is 0 Å². The van der Waals surface area contributed by atoms with Crippen LogP contribution in [0.4, 0.5) is 0 Å². The lowest BCUT2D eigenvalue weighted by atomic mass is 9.66. The summed E-state index contributed by atoms with van der Waals surface area (Å²) in [4.78, 5) is 15.2. The van der Waals surface area contributed by atoms with E-state index in [1.54, 1.807) is 0 Å². The molecule has 0 saturated heterocycles. The highest BCUT2D eigenvalue weighted by Gasteiger charge is 2.50. The zero-order chi connectivity index (χ0) is 33.1. The van der Waals surface area contributed by atoms with Crippen molar-refractivity contribution < 1.29 is 4.74 Å². The minimum absolute atomic E-state index is 0.521. The summed E-state index contributed by atoms with van der Waals surface area (Å²) in [6.45, 7) is 0. The fraction of sp³-hybridized carbons (Fsp3) is 0.0217. The maximum absolute atomic E-state index is 6.78. The molecule has 0 N–H and O–H groups in total. The first-order valence-corrected chi connectivity index (χ1v) is 16.9. The van der Waals surface area contributed by atoms with Gasteiger partial charge in [0.1, 0.15) is 11.5 Å². The molecule has 0 saturated carbocycles. The number of hydrogen-bond acceptors (Lipinski definition) is 4. The fourth-order valence-electron chi connectivity index (χ4n) is 7.82. The highest BCUT2D eigenvalue weighted by molar-refractivity contribution is 5.89. The number of aromatic nitrogens is 3. The van der Waals surface area contributed by atoms with Crippen LogP contribution < -0.4 is 4.74 Å². The van der Waals surface area contributed by atoms with Crippen LogP contribution in [0.2, 0.25) is 0 Å². The largest absolute Gasteiger partial charge is 0.457 e. The maximum atomic E-state index is 6.78. The second-order valence-corrected chi connectivity index (χ2v) is 12.8. The molecule has 0 amide bonds. The van der Waals surface area contributed by atoms with Crippen molar-refractivity contribution in [2.45, 2.75) is 5.41 Å². The zero-order valence-corrected chi connectivity index (χ0v) is 27.0. The first-order chi connectivity index (χ1) is 24.8. The van der Waals surface area contributed by atoms with Gasteiger partial charge >= 0.3 is 0 Å². The normalized spacial score (nSPS) is 13.1. The highest BCUT2D eigenvalue weighted by atomic mass is 16.5. The van der Waals surface area contributed by atoms with E-state index in [1.165, 1.54) is 22.3 Å². The van der Waals surface area contributed by atoms with E-state index in [1.807, 2.05) is 42.5 Å². The first kappa shape index (κ1) is 28.4. The Morgan fingerprint density at radius 1 is 0.320 bits per heavy atom. The second kappa shape index (κ2) is 11.2. The summed E-state index contributed by atoms with van der Waals surface area (Å²) in [5, 5.41) is 0. The SMILES string of the molecule is c1ccc(-c2cccc(-c3nc(-c4ccccc4)nc(-c4ccc5c(c4)Oc4ccccc4C54c5ccccc5-c5ccccc54)n3)c2)cc1. The van der Waals surface area contributed by atoms with Crippen molar-refractivity contribution in [3.05, 3.63) is 198 Å². The van der Waals surface area contributed by atoms with Gasteiger partial charge in [0, 0.05) is 27.8 Å². The standard InChI is InChI=1S/C46H29N3O/c1-3-14-30(15-4-1)32-18-13-19-33(28-32)44-47-43(31-16-5-2-6-17-31)48-45(49-44)34-26-27-40-42(29-34)50-41-25-12-11-24-39(41)46(40)37-22-9-7-20-35(37)36-21-8-10-23-38(36)46/h1-29H. The average Bonchev–Trinajstić information content (AvgIpc) is 3.49. The highest BCUT2D eigenvalue weighted by Crippen LogP contribution is 2.62. The summed E-state index contributed by atoms with van der Waals surface area (Å²) >= 11 is 0. The van der Waals surface area contributed by atoms with Gasteiger partial charge < -0.3 is 4.74 Å². The number of rotatable bonds is 4. The molecule has 2 heterocycles. The first-order valence-electron chi connectivity index (χ1n) is 16.9. The Kier molecular flexibility index (Phi) is 6.36. The number of para-hydroxylation sites is 1. The van der Waals surface area contributed by atoms with Crippen LogP contribution in [0.15, 0.2) is 176 Å². The lowest BCUT2D eigenvalue weighted by Crippen LogP contribution is -2.32. The molecular weight excluding hydrogens is 611 g/mol. The molecule has 4 nitrogen and oxygen atoms in total. The maximum Gasteiger partial charge on any atom is 0.164 e. The summed E-state index contributed by atoms with van der Waals surface area (Å²) in [7, 11) is 0. The van der Waals surface area contributed by atoms with Crippen LogP contribution in [0.3, 0.4) is 0 Å². The molecule has 0 atom stereocenters. The number of nitrogens with zero attached hydrogens (tertiary/aromatic N) is 3. The third kappa shape index (κ3) is 4.28. The molecule has 0 fully saturated rings. The van der Waals surface area contributed by atoms with Gasteiger partial charge in [0.05, 0.1) is 5.41 Å². The predicted octanol–water partition coefficient (Wildman–Crippen LogP) is 11.0. The molecule has 1 spiro atoms. The van der Waals surface area contributed by atoms with E-state index in [2.05, 4.69) is 133 Å². The summed E-state index contributed by atoms with van der Waals surface area (Å²) in [5.74, 6) is 3.47. The van der Waals surface area contributed by atoms with Gasteiger partial charge in [-0.2, -0.15) is 0 Å². The molecule has 0 radical (unpaired) electrons. The summed E-state index contributed by atoms with van der Waals surface area (Å²) < 4.78 is 6.78. The molecule has 0 unspecified atom stereocenters. The molecule has 7 aromatic carbocycles. The topological polar surface area (TPSA) is 47.9 Å². The third-order valence-electron chi connectivity index (χ3n) is 10.0. The minimum atomic E-state index is -0.521. The van der Waals surface area contributed by atoms with E-state index in [-0.39, 0.29) is 0 Å². The van der Waals surface area contributed by atoms with Crippen LogP contribution in [0.1, 0.15) is 22.3 Å². The molecule has 2 aliphatic rings. The van der Waals surface area contributed by atoms with Crippen LogP contribution in [-0.2, 0) is 5.41 Å². The average molecular weight is 640 g/mol. The molecule has 8 aromatic rings. The van der Waals surface area contributed by atoms with Gasteiger partial charge in [-0.3, -0.25) is 0 Å².